The number of rotatable bonds is 4. The monoisotopic (exact) mass is 328 g/mol. The van der Waals surface area contributed by atoms with Crippen LogP contribution in [0, 0.1) is 13.8 Å². The second-order valence-corrected chi connectivity index (χ2v) is 6.15. The summed E-state index contributed by atoms with van der Waals surface area (Å²) < 4.78 is 6.83. The van der Waals surface area contributed by atoms with E-state index in [-0.39, 0.29) is 5.91 Å². The number of aryl methyl sites for hydroxylation is 2. The first-order valence-electron chi connectivity index (χ1n) is 7.02. The van der Waals surface area contributed by atoms with Crippen LogP contribution in [0.4, 0.5) is 5.95 Å². The summed E-state index contributed by atoms with van der Waals surface area (Å²) in [4.78, 5) is 18.2. The number of hydrogen-bond acceptors (Lipinski definition) is 5. The van der Waals surface area contributed by atoms with Gasteiger partial charge in [-0.2, -0.15) is 4.98 Å². The number of thiazole rings is 1. The largest absolute Gasteiger partial charge is 0.497 e. The maximum atomic E-state index is 12.0. The molecule has 3 rings (SSSR count). The zero-order valence-electron chi connectivity index (χ0n) is 13.0. The van der Waals surface area contributed by atoms with Gasteiger partial charge in [-0.1, -0.05) is 23.5 Å². The maximum Gasteiger partial charge on any atom is 0.250 e. The smallest absolute Gasteiger partial charge is 0.250 e. The fourth-order valence-corrected chi connectivity index (χ4v) is 2.94. The van der Waals surface area contributed by atoms with Gasteiger partial charge in [0.05, 0.1) is 12.8 Å². The minimum atomic E-state index is -0.270. The lowest BCUT2D eigenvalue weighted by atomic mass is 10.2. The third-order valence-corrected chi connectivity index (χ3v) is 4.48. The van der Waals surface area contributed by atoms with Gasteiger partial charge in [0.25, 0.3) is 11.9 Å². The van der Waals surface area contributed by atoms with E-state index in [1.807, 2.05) is 38.1 Å². The molecule has 0 saturated heterocycles. The van der Waals surface area contributed by atoms with E-state index >= 15 is 0 Å². The van der Waals surface area contributed by atoms with Crippen LogP contribution in [0.3, 0.4) is 0 Å². The highest BCUT2D eigenvalue weighted by molar-refractivity contribution is 7.17. The highest BCUT2D eigenvalue weighted by Gasteiger charge is 2.11. The van der Waals surface area contributed by atoms with Crippen molar-refractivity contribution >= 4 is 34.2 Å². The van der Waals surface area contributed by atoms with Crippen LogP contribution in [-0.2, 0) is 4.79 Å². The zero-order valence-corrected chi connectivity index (χ0v) is 13.8. The van der Waals surface area contributed by atoms with Gasteiger partial charge in [-0.3, -0.25) is 10.1 Å². The molecule has 3 aromatic rings. The van der Waals surface area contributed by atoms with Crippen LogP contribution in [0.2, 0.25) is 0 Å². The first kappa shape index (κ1) is 15.2. The Morgan fingerprint density at radius 1 is 1.30 bits per heavy atom. The molecule has 1 amide bonds. The Kier molecular flexibility index (Phi) is 4.12. The Morgan fingerprint density at radius 2 is 2.04 bits per heavy atom. The van der Waals surface area contributed by atoms with Crippen molar-refractivity contribution in [2.24, 2.45) is 0 Å². The standard InChI is InChI=1S/C16H16N4O2S/c1-10-11(2)23-16-18-15(19-20(10)16)17-14(21)9-6-12-4-7-13(22-3)8-5-12/h4-9H,1-3H3,(H,17,19,21)/b9-6+. The second kappa shape index (κ2) is 6.21. The lowest BCUT2D eigenvalue weighted by Gasteiger charge is -1.99. The topological polar surface area (TPSA) is 68.5 Å². The van der Waals surface area contributed by atoms with Gasteiger partial charge < -0.3 is 4.74 Å². The van der Waals surface area contributed by atoms with Gasteiger partial charge in [-0.15, -0.1) is 5.10 Å². The number of aromatic nitrogens is 3. The fourth-order valence-electron chi connectivity index (χ4n) is 2.03. The van der Waals surface area contributed by atoms with Crippen molar-refractivity contribution in [1.29, 1.82) is 0 Å². The number of nitrogens with one attached hydrogen (secondary N) is 1. The third-order valence-electron chi connectivity index (χ3n) is 3.43. The predicted octanol–water partition coefficient (Wildman–Crippen LogP) is 3.07. The molecule has 0 radical (unpaired) electrons. The van der Waals surface area contributed by atoms with Crippen molar-refractivity contribution in [3.05, 3.63) is 46.5 Å². The Balaban J connectivity index is 1.68. The van der Waals surface area contributed by atoms with Crippen molar-refractivity contribution in [2.45, 2.75) is 13.8 Å². The number of fused-ring (bicyclic) bond motifs is 1. The van der Waals surface area contributed by atoms with Gasteiger partial charge in [0, 0.05) is 11.0 Å². The summed E-state index contributed by atoms with van der Waals surface area (Å²) in [6.45, 7) is 3.99. The highest BCUT2D eigenvalue weighted by atomic mass is 32.1. The van der Waals surface area contributed by atoms with E-state index in [4.69, 9.17) is 4.74 Å². The maximum absolute atomic E-state index is 12.0. The molecule has 0 bridgehead atoms. The Morgan fingerprint density at radius 3 is 2.70 bits per heavy atom. The normalized spacial score (nSPS) is 11.3. The van der Waals surface area contributed by atoms with Crippen molar-refractivity contribution in [1.82, 2.24) is 14.6 Å². The SMILES string of the molecule is COc1ccc(/C=C/C(=O)Nc2nc3sc(C)c(C)n3n2)cc1. The lowest BCUT2D eigenvalue weighted by Crippen LogP contribution is -2.09. The van der Waals surface area contributed by atoms with Gasteiger partial charge in [0.15, 0.2) is 0 Å². The summed E-state index contributed by atoms with van der Waals surface area (Å²) >= 11 is 1.55. The van der Waals surface area contributed by atoms with Crippen LogP contribution < -0.4 is 10.1 Å². The van der Waals surface area contributed by atoms with Crippen LogP contribution in [0.5, 0.6) is 5.75 Å². The highest BCUT2D eigenvalue weighted by Crippen LogP contribution is 2.21. The summed E-state index contributed by atoms with van der Waals surface area (Å²) in [5, 5.41) is 6.95. The summed E-state index contributed by atoms with van der Waals surface area (Å²) in [7, 11) is 1.62. The molecular formula is C16H16N4O2S. The van der Waals surface area contributed by atoms with E-state index in [0.717, 1.165) is 26.8 Å². The molecule has 0 atom stereocenters. The first-order valence-corrected chi connectivity index (χ1v) is 7.84. The molecule has 0 aliphatic carbocycles. The summed E-state index contributed by atoms with van der Waals surface area (Å²) in [5.41, 5.74) is 1.94. The predicted molar refractivity (Wildman–Crippen MR) is 91.0 cm³/mol. The fraction of sp³-hybridized carbons (Fsp3) is 0.188. The molecule has 0 saturated carbocycles. The average molecular weight is 328 g/mol. The summed E-state index contributed by atoms with van der Waals surface area (Å²) in [6, 6.07) is 7.43. The molecule has 1 aromatic carbocycles. The van der Waals surface area contributed by atoms with Gasteiger partial charge in [-0.05, 0) is 37.6 Å². The molecular weight excluding hydrogens is 312 g/mol. The number of nitrogens with zero attached hydrogens (tertiary/aromatic N) is 3. The number of anilines is 1. The molecule has 1 N–H and O–H groups in total. The quantitative estimate of drug-likeness (QED) is 0.747. The molecule has 6 nitrogen and oxygen atoms in total. The second-order valence-electron chi connectivity index (χ2n) is 4.97. The van der Waals surface area contributed by atoms with Gasteiger partial charge in [0.1, 0.15) is 5.75 Å². The summed E-state index contributed by atoms with van der Waals surface area (Å²) in [5.74, 6) is 0.816. The Labute approximate surface area is 137 Å². The number of carbonyl (C=O) groups excluding carboxylic acids is 1. The molecule has 0 spiro atoms. The molecule has 0 aliphatic rings. The Hall–Kier alpha value is -2.67. The van der Waals surface area contributed by atoms with Gasteiger partial charge in [-0.25, -0.2) is 4.52 Å². The third kappa shape index (κ3) is 3.24. The minimum Gasteiger partial charge on any atom is -0.497 e. The molecule has 23 heavy (non-hydrogen) atoms. The molecule has 0 aliphatic heterocycles. The van der Waals surface area contributed by atoms with Crippen LogP contribution in [0.15, 0.2) is 30.3 Å². The van der Waals surface area contributed by atoms with Crippen LogP contribution >= 0.6 is 11.3 Å². The van der Waals surface area contributed by atoms with E-state index in [2.05, 4.69) is 15.4 Å². The molecule has 0 unspecified atom stereocenters. The Bertz CT molecular complexity index is 878. The van der Waals surface area contributed by atoms with Crippen molar-refractivity contribution < 1.29 is 9.53 Å². The average Bonchev–Trinajstić information content (AvgIpc) is 3.05. The first-order chi connectivity index (χ1) is 11.1. The number of ether oxygens (including phenoxy) is 1. The van der Waals surface area contributed by atoms with E-state index in [1.54, 1.807) is 29.0 Å². The number of carbonyl (C=O) groups is 1. The number of hydrogen-bond donors (Lipinski definition) is 1. The number of benzene rings is 1. The number of methoxy groups -OCH3 is 1. The molecule has 7 heteroatoms. The van der Waals surface area contributed by atoms with Crippen LogP contribution in [-0.4, -0.2) is 27.6 Å². The van der Waals surface area contributed by atoms with Crippen molar-refractivity contribution in [3.63, 3.8) is 0 Å². The van der Waals surface area contributed by atoms with Gasteiger partial charge >= 0.3 is 0 Å². The lowest BCUT2D eigenvalue weighted by molar-refractivity contribution is -0.111. The van der Waals surface area contributed by atoms with Gasteiger partial charge in [0.2, 0.25) is 4.96 Å². The van der Waals surface area contributed by atoms with E-state index in [0.29, 0.717) is 5.95 Å². The van der Waals surface area contributed by atoms with E-state index < -0.39 is 0 Å². The molecule has 2 heterocycles. The van der Waals surface area contributed by atoms with Crippen molar-refractivity contribution in [2.75, 3.05) is 12.4 Å². The minimum absolute atomic E-state index is 0.270. The van der Waals surface area contributed by atoms with E-state index in [9.17, 15) is 4.79 Å². The molecule has 118 valence electrons. The van der Waals surface area contributed by atoms with Crippen LogP contribution in [0.1, 0.15) is 16.1 Å². The van der Waals surface area contributed by atoms with Crippen LogP contribution in [0.25, 0.3) is 11.0 Å². The summed E-state index contributed by atoms with van der Waals surface area (Å²) in [6.07, 6.45) is 3.18. The molecule has 2 aromatic heterocycles. The van der Waals surface area contributed by atoms with Crippen molar-refractivity contribution in [3.8, 4) is 5.75 Å². The molecule has 0 fully saturated rings. The zero-order chi connectivity index (χ0) is 16.4. The van der Waals surface area contributed by atoms with E-state index in [1.165, 1.54) is 6.08 Å². The number of amides is 1.